The van der Waals surface area contributed by atoms with E-state index in [0.29, 0.717) is 25.2 Å². The lowest BCUT2D eigenvalue weighted by Gasteiger charge is -2.50. The number of hydrogen-bond donors (Lipinski definition) is 1. The van der Waals surface area contributed by atoms with Crippen LogP contribution in [0.3, 0.4) is 0 Å². The molecule has 7 nitrogen and oxygen atoms in total. The van der Waals surface area contributed by atoms with Crippen molar-refractivity contribution in [3.63, 3.8) is 0 Å². The highest BCUT2D eigenvalue weighted by Gasteiger charge is 2.57. The smallest absolute Gasteiger partial charge is 0.250 e. The quantitative estimate of drug-likeness (QED) is 0.0863. The van der Waals surface area contributed by atoms with Gasteiger partial charge >= 0.3 is 0 Å². The molecule has 8 heteroatoms. The molecule has 5 unspecified atom stereocenters. The molecule has 0 spiro atoms. The molecule has 0 radical (unpaired) electrons. The summed E-state index contributed by atoms with van der Waals surface area (Å²) in [5.74, 6) is -1.08. The first-order valence-electron chi connectivity index (χ1n) is 21.7. The zero-order valence-electron chi connectivity index (χ0n) is 37.0. The van der Waals surface area contributed by atoms with Crippen molar-refractivity contribution in [2.24, 2.45) is 0 Å². The summed E-state index contributed by atoms with van der Waals surface area (Å²) in [5.41, 5.74) is 7.83. The van der Waals surface area contributed by atoms with Crippen LogP contribution in [0.4, 0.5) is 0 Å². The molecule has 1 aliphatic heterocycles. The Kier molecular flexibility index (Phi) is 14.9. The molecule has 6 aromatic rings. The molecule has 324 valence electrons. The van der Waals surface area contributed by atoms with E-state index < -0.39 is 38.5 Å². The second-order valence-electron chi connectivity index (χ2n) is 17.9. The summed E-state index contributed by atoms with van der Waals surface area (Å²) in [4.78, 5) is 0. The standard InChI is InChI=1S/C54H62O7Si/c1-40-27-30-47(34-46(40)33-41-28-31-48(32-29-41)61-62(5,6)53(2,3)4)54(55)52(59-38-45-25-17-10-18-26-45)51(58-37-44-23-15-9-16-24-44)50(57-36-43-21-13-8-14-22-43)49(60-54)39-56-35-42-19-11-7-12-20-42/h7-32,34,49-52,55H,33,35-39H2,1-6H3. The van der Waals surface area contributed by atoms with Gasteiger partial charge in [0.05, 0.1) is 33.0 Å². The number of ether oxygens (including phenoxy) is 5. The van der Waals surface area contributed by atoms with Gasteiger partial charge in [-0.25, -0.2) is 0 Å². The van der Waals surface area contributed by atoms with Gasteiger partial charge in [0, 0.05) is 5.56 Å². The van der Waals surface area contributed by atoms with Crippen molar-refractivity contribution in [1.82, 2.24) is 0 Å². The van der Waals surface area contributed by atoms with Crippen molar-refractivity contribution in [3.05, 3.63) is 208 Å². The molecule has 0 amide bonds. The lowest BCUT2D eigenvalue weighted by atomic mass is 9.85. The van der Waals surface area contributed by atoms with Crippen LogP contribution in [0, 0.1) is 6.92 Å². The predicted molar refractivity (Wildman–Crippen MR) is 248 cm³/mol. The minimum absolute atomic E-state index is 0.0972. The van der Waals surface area contributed by atoms with Gasteiger partial charge in [0.25, 0.3) is 0 Å². The summed E-state index contributed by atoms with van der Waals surface area (Å²) < 4.78 is 40.7. The summed E-state index contributed by atoms with van der Waals surface area (Å²) in [6.07, 6.45) is -2.59. The fourth-order valence-corrected chi connectivity index (χ4v) is 8.54. The van der Waals surface area contributed by atoms with Crippen molar-refractivity contribution >= 4 is 8.32 Å². The molecule has 5 atom stereocenters. The van der Waals surface area contributed by atoms with E-state index in [2.05, 4.69) is 71.1 Å². The lowest BCUT2D eigenvalue weighted by molar-refractivity contribution is -0.378. The number of aliphatic hydroxyl groups is 1. The van der Waals surface area contributed by atoms with Gasteiger partial charge < -0.3 is 33.2 Å². The Morgan fingerprint density at radius 1 is 0.581 bits per heavy atom. The zero-order valence-corrected chi connectivity index (χ0v) is 38.0. The van der Waals surface area contributed by atoms with Crippen LogP contribution in [0.15, 0.2) is 164 Å². The monoisotopic (exact) mass is 850 g/mol. The minimum Gasteiger partial charge on any atom is -0.544 e. The highest BCUT2D eigenvalue weighted by molar-refractivity contribution is 6.74. The first-order valence-corrected chi connectivity index (χ1v) is 24.7. The van der Waals surface area contributed by atoms with Crippen molar-refractivity contribution in [2.45, 2.75) is 109 Å². The van der Waals surface area contributed by atoms with E-state index in [1.165, 1.54) is 0 Å². The van der Waals surface area contributed by atoms with Crippen molar-refractivity contribution < 1.29 is 33.2 Å². The normalized spacial score (nSPS) is 20.5. The number of benzene rings is 6. The van der Waals surface area contributed by atoms with Crippen molar-refractivity contribution in [2.75, 3.05) is 6.61 Å². The fourth-order valence-electron chi connectivity index (χ4n) is 7.51. The predicted octanol–water partition coefficient (Wildman–Crippen LogP) is 11.5. The maximum Gasteiger partial charge on any atom is 0.250 e. The van der Waals surface area contributed by atoms with Crippen LogP contribution in [0.1, 0.15) is 65.3 Å². The van der Waals surface area contributed by atoms with Gasteiger partial charge in [0.15, 0.2) is 0 Å². The fraction of sp³-hybridized carbons (Fsp3) is 0.333. The van der Waals surface area contributed by atoms with Crippen LogP contribution < -0.4 is 4.43 Å². The summed E-state index contributed by atoms with van der Waals surface area (Å²) in [7, 11) is -1.99. The van der Waals surface area contributed by atoms with E-state index in [1.54, 1.807) is 0 Å². The summed E-state index contributed by atoms with van der Waals surface area (Å²) in [5, 5.41) is 13.5. The molecule has 1 saturated heterocycles. The molecule has 0 aliphatic carbocycles. The molecule has 1 heterocycles. The Balaban J connectivity index is 1.26. The molecule has 1 aliphatic rings. The third kappa shape index (κ3) is 11.6. The van der Waals surface area contributed by atoms with Gasteiger partial charge in [0.1, 0.15) is 30.2 Å². The van der Waals surface area contributed by atoms with Gasteiger partial charge in [-0.1, -0.05) is 166 Å². The molecule has 1 N–H and O–H groups in total. The van der Waals surface area contributed by atoms with Gasteiger partial charge in [-0.05, 0) is 88.6 Å². The van der Waals surface area contributed by atoms with E-state index in [-0.39, 0.29) is 24.9 Å². The number of hydrogen-bond acceptors (Lipinski definition) is 7. The molecular weight excluding hydrogens is 789 g/mol. The Morgan fingerprint density at radius 2 is 1.06 bits per heavy atom. The molecule has 7 rings (SSSR count). The van der Waals surface area contributed by atoms with E-state index in [4.69, 9.17) is 28.1 Å². The van der Waals surface area contributed by atoms with Crippen LogP contribution in [0.25, 0.3) is 0 Å². The molecule has 0 aromatic heterocycles. The molecule has 0 bridgehead atoms. The minimum atomic E-state index is -1.99. The van der Waals surface area contributed by atoms with E-state index in [1.807, 2.05) is 133 Å². The Morgan fingerprint density at radius 3 is 1.58 bits per heavy atom. The van der Waals surface area contributed by atoms with Gasteiger partial charge in [-0.3, -0.25) is 0 Å². The highest BCUT2D eigenvalue weighted by Crippen LogP contribution is 2.43. The van der Waals surface area contributed by atoms with Crippen LogP contribution in [-0.2, 0) is 62.3 Å². The number of aryl methyl sites for hydroxylation is 1. The molecule has 0 saturated carbocycles. The third-order valence-corrected chi connectivity index (χ3v) is 16.6. The Bertz CT molecular complexity index is 2260. The third-order valence-electron chi connectivity index (χ3n) is 12.2. The topological polar surface area (TPSA) is 75.6 Å². The first-order chi connectivity index (χ1) is 29.9. The SMILES string of the molecule is Cc1ccc(C2(O)OC(COCc3ccccc3)C(OCc3ccccc3)C(OCc3ccccc3)C2OCc2ccccc2)cc1Cc1ccc(O[Si](C)(C)C(C)(C)C)cc1. The average molecular weight is 851 g/mol. The Labute approximate surface area is 369 Å². The second kappa shape index (κ2) is 20.5. The Hall–Kier alpha value is -4.90. The largest absolute Gasteiger partial charge is 0.544 e. The van der Waals surface area contributed by atoms with Crippen LogP contribution >= 0.6 is 0 Å². The number of rotatable bonds is 18. The van der Waals surface area contributed by atoms with E-state index in [0.717, 1.165) is 44.7 Å². The maximum absolute atomic E-state index is 13.4. The molecule has 62 heavy (non-hydrogen) atoms. The van der Waals surface area contributed by atoms with Crippen LogP contribution in [-0.4, -0.2) is 44.4 Å². The second-order valence-corrected chi connectivity index (χ2v) is 22.6. The molecule has 6 aromatic carbocycles. The average Bonchev–Trinajstić information content (AvgIpc) is 3.27. The maximum atomic E-state index is 13.4. The van der Waals surface area contributed by atoms with E-state index in [9.17, 15) is 5.11 Å². The summed E-state index contributed by atoms with van der Waals surface area (Å²) in [6.45, 7) is 14.7. The summed E-state index contributed by atoms with van der Waals surface area (Å²) in [6, 6.07) is 54.6. The van der Waals surface area contributed by atoms with Gasteiger partial charge in [-0.2, -0.15) is 0 Å². The van der Waals surface area contributed by atoms with Crippen molar-refractivity contribution in [3.8, 4) is 5.75 Å². The highest BCUT2D eigenvalue weighted by atomic mass is 28.4. The van der Waals surface area contributed by atoms with Crippen LogP contribution in [0.5, 0.6) is 5.75 Å². The van der Waals surface area contributed by atoms with Gasteiger partial charge in [0.2, 0.25) is 14.1 Å². The van der Waals surface area contributed by atoms with Crippen LogP contribution in [0.2, 0.25) is 18.1 Å². The first kappa shape index (κ1) is 45.1. The zero-order chi connectivity index (χ0) is 43.6. The van der Waals surface area contributed by atoms with Crippen molar-refractivity contribution in [1.29, 1.82) is 0 Å². The van der Waals surface area contributed by atoms with Gasteiger partial charge in [-0.15, -0.1) is 0 Å². The molecular formula is C54H62O7Si. The lowest BCUT2D eigenvalue weighted by Crippen LogP contribution is -2.65. The summed E-state index contributed by atoms with van der Waals surface area (Å²) >= 11 is 0. The van der Waals surface area contributed by atoms with E-state index >= 15 is 0 Å². The molecule has 1 fully saturated rings.